The summed E-state index contributed by atoms with van der Waals surface area (Å²) >= 11 is 0. The number of nitrogens with one attached hydrogen (secondary N) is 2. The molecule has 15 heteroatoms. The maximum Gasteiger partial charge on any atom is 0.470 e. The number of alkyl carbamates (subject to hydrolysis) is 2. The third-order valence-corrected chi connectivity index (χ3v) is 3.57. The molecule has 0 unspecified atom stereocenters. The van der Waals surface area contributed by atoms with E-state index in [4.69, 9.17) is 28.7 Å². The summed E-state index contributed by atoms with van der Waals surface area (Å²) in [6, 6.07) is 0. The first-order valence-electron chi connectivity index (χ1n) is 9.02. The van der Waals surface area contributed by atoms with Gasteiger partial charge in [0, 0.05) is 11.1 Å². The number of amides is 2. The zero-order chi connectivity index (χ0) is 24.7. The van der Waals surface area contributed by atoms with Crippen LogP contribution in [0.2, 0.25) is 0 Å². The van der Waals surface area contributed by atoms with Crippen molar-refractivity contribution in [2.24, 2.45) is 0 Å². The zero-order valence-electron chi connectivity index (χ0n) is 17.7. The Morgan fingerprint density at radius 2 is 1.19 bits per heavy atom. The highest BCUT2D eigenvalue weighted by molar-refractivity contribution is 7.46. The molecule has 0 spiro atoms. The van der Waals surface area contributed by atoms with Gasteiger partial charge in [-0.25, -0.2) is 23.7 Å². The molecule has 0 aromatic carbocycles. The number of ether oxygens (including phenoxy) is 4. The number of phosphoric ester groups is 1. The molecule has 4 N–H and O–H groups in total. The van der Waals surface area contributed by atoms with Gasteiger partial charge < -0.3 is 39.4 Å². The topological polar surface area (TPSA) is 196 Å². The Labute approximate surface area is 184 Å². The van der Waals surface area contributed by atoms with Gasteiger partial charge in [-0.15, -0.1) is 0 Å². The van der Waals surface area contributed by atoms with Crippen molar-refractivity contribution in [1.29, 1.82) is 0 Å². The third-order valence-electron chi connectivity index (χ3n) is 2.99. The molecule has 0 saturated heterocycles. The van der Waals surface area contributed by atoms with E-state index in [1.807, 2.05) is 0 Å². The molecule has 32 heavy (non-hydrogen) atoms. The number of carbonyl (C=O) groups excluding carboxylic acids is 4. The molecule has 0 bridgehead atoms. The highest BCUT2D eigenvalue weighted by Gasteiger charge is 2.25. The number of esters is 2. The lowest BCUT2D eigenvalue weighted by atomic mass is 10.4. The van der Waals surface area contributed by atoms with Gasteiger partial charge in [0.1, 0.15) is 32.5 Å². The molecule has 0 heterocycles. The van der Waals surface area contributed by atoms with Crippen LogP contribution in [0, 0.1) is 0 Å². The van der Waals surface area contributed by atoms with Crippen molar-refractivity contribution >= 4 is 31.9 Å². The van der Waals surface area contributed by atoms with E-state index in [1.54, 1.807) is 0 Å². The summed E-state index contributed by atoms with van der Waals surface area (Å²) in [7, 11) is -4.99. The lowest BCUT2D eigenvalue weighted by Crippen LogP contribution is -2.35. The molecule has 0 saturated carbocycles. The van der Waals surface area contributed by atoms with Gasteiger partial charge in [-0.1, -0.05) is 13.2 Å². The van der Waals surface area contributed by atoms with Gasteiger partial charge in [0.2, 0.25) is 0 Å². The Balaban J connectivity index is 4.32. The van der Waals surface area contributed by atoms with E-state index in [0.717, 1.165) is 0 Å². The third kappa shape index (κ3) is 15.8. The predicted molar refractivity (Wildman–Crippen MR) is 107 cm³/mol. The van der Waals surface area contributed by atoms with Gasteiger partial charge >= 0.3 is 31.9 Å². The van der Waals surface area contributed by atoms with Crippen LogP contribution >= 0.6 is 7.82 Å². The van der Waals surface area contributed by atoms with Crippen molar-refractivity contribution in [3.05, 3.63) is 24.3 Å². The van der Waals surface area contributed by atoms with Gasteiger partial charge in [-0.2, -0.15) is 0 Å². The van der Waals surface area contributed by atoms with E-state index < -0.39 is 51.3 Å². The molecule has 0 radical (unpaired) electrons. The Bertz CT molecular complexity index is 698. The Morgan fingerprint density at radius 3 is 1.50 bits per heavy atom. The average Bonchev–Trinajstić information content (AvgIpc) is 2.68. The van der Waals surface area contributed by atoms with Crippen LogP contribution in [-0.2, 0) is 37.6 Å². The van der Waals surface area contributed by atoms with Crippen molar-refractivity contribution < 1.29 is 57.0 Å². The van der Waals surface area contributed by atoms with Gasteiger partial charge in [0.15, 0.2) is 0 Å². The minimum atomic E-state index is -4.99. The van der Waals surface area contributed by atoms with Crippen molar-refractivity contribution in [1.82, 2.24) is 10.6 Å². The maximum absolute atomic E-state index is 11.6. The van der Waals surface area contributed by atoms with E-state index >= 15 is 0 Å². The van der Waals surface area contributed by atoms with Crippen LogP contribution in [0.1, 0.15) is 13.8 Å². The van der Waals surface area contributed by atoms with Gasteiger partial charge in [0.25, 0.3) is 0 Å². The van der Waals surface area contributed by atoms with Crippen molar-refractivity contribution in [2.75, 3.05) is 39.5 Å². The van der Waals surface area contributed by atoms with Crippen LogP contribution in [0.3, 0.4) is 0 Å². The second-order valence-electron chi connectivity index (χ2n) is 6.10. The Morgan fingerprint density at radius 1 is 0.812 bits per heavy atom. The summed E-state index contributed by atoms with van der Waals surface area (Å²) in [5.74, 6) is -1.28. The molecule has 0 atom stereocenters. The van der Waals surface area contributed by atoms with Crippen LogP contribution in [-0.4, -0.2) is 79.5 Å². The fourth-order valence-corrected chi connectivity index (χ4v) is 2.09. The SMILES string of the molecule is C=C(C)C(=O)OCCNC(=O)OCC(COC(=O)NCCOC(=O)C(=C)C)OP(=O)(O)O. The number of hydrogen-bond acceptors (Lipinski definition) is 10. The summed E-state index contributed by atoms with van der Waals surface area (Å²) < 4.78 is 34.4. The molecule has 0 aliphatic heterocycles. The van der Waals surface area contributed by atoms with Crippen LogP contribution in [0.4, 0.5) is 9.59 Å². The van der Waals surface area contributed by atoms with Crippen molar-refractivity contribution in [2.45, 2.75) is 20.0 Å². The fourth-order valence-electron chi connectivity index (χ4n) is 1.58. The Kier molecular flexibility index (Phi) is 13.6. The van der Waals surface area contributed by atoms with Crippen LogP contribution in [0.15, 0.2) is 24.3 Å². The molecular formula is C17H27N2O12P. The van der Waals surface area contributed by atoms with Crippen LogP contribution in [0.5, 0.6) is 0 Å². The lowest BCUT2D eigenvalue weighted by molar-refractivity contribution is -0.139. The van der Waals surface area contributed by atoms with E-state index in [0.29, 0.717) is 0 Å². The largest absolute Gasteiger partial charge is 0.470 e. The standard InChI is InChI=1S/C17H27N2O12P/c1-11(2)14(20)27-7-5-18-16(22)29-9-13(31-32(24,25)26)10-30-17(23)19-6-8-28-15(21)12(3)4/h13H,1,3,5-10H2,2,4H3,(H,18,22)(H,19,23)(H2,24,25,26). The van der Waals surface area contributed by atoms with Gasteiger partial charge in [0.05, 0.1) is 13.1 Å². The molecule has 0 aliphatic rings. The van der Waals surface area contributed by atoms with Gasteiger partial charge in [-0.05, 0) is 13.8 Å². The lowest BCUT2D eigenvalue weighted by Gasteiger charge is -2.18. The smallest absolute Gasteiger partial charge is 0.460 e. The molecule has 0 rings (SSSR count). The predicted octanol–water partition coefficient (Wildman–Crippen LogP) is 0.155. The molecule has 182 valence electrons. The van der Waals surface area contributed by atoms with Crippen LogP contribution < -0.4 is 10.6 Å². The summed E-state index contributed by atoms with van der Waals surface area (Å²) in [5, 5.41) is 4.45. The minimum Gasteiger partial charge on any atom is -0.460 e. The normalized spacial score (nSPS) is 10.7. The monoisotopic (exact) mass is 482 g/mol. The first-order valence-corrected chi connectivity index (χ1v) is 10.5. The molecule has 14 nitrogen and oxygen atoms in total. The van der Waals surface area contributed by atoms with E-state index in [9.17, 15) is 23.7 Å². The van der Waals surface area contributed by atoms with E-state index in [1.165, 1.54) is 13.8 Å². The summed E-state index contributed by atoms with van der Waals surface area (Å²) in [4.78, 5) is 63.4. The first-order chi connectivity index (χ1) is 14.8. The van der Waals surface area contributed by atoms with Crippen molar-refractivity contribution in [3.63, 3.8) is 0 Å². The van der Waals surface area contributed by atoms with Crippen molar-refractivity contribution in [3.8, 4) is 0 Å². The molecular weight excluding hydrogens is 455 g/mol. The number of phosphoric acid groups is 1. The number of rotatable bonds is 14. The summed E-state index contributed by atoms with van der Waals surface area (Å²) in [6.45, 7) is 7.80. The molecule has 0 aromatic heterocycles. The average molecular weight is 482 g/mol. The second kappa shape index (κ2) is 15.0. The van der Waals surface area contributed by atoms with Crippen LogP contribution in [0.25, 0.3) is 0 Å². The number of carbonyl (C=O) groups is 4. The van der Waals surface area contributed by atoms with E-state index in [-0.39, 0.29) is 37.4 Å². The fraction of sp³-hybridized carbons (Fsp3) is 0.529. The zero-order valence-corrected chi connectivity index (χ0v) is 18.6. The molecule has 0 aromatic rings. The maximum atomic E-state index is 11.6. The summed E-state index contributed by atoms with van der Waals surface area (Å²) in [5.41, 5.74) is 0.365. The highest BCUT2D eigenvalue weighted by Crippen LogP contribution is 2.37. The second-order valence-corrected chi connectivity index (χ2v) is 7.29. The highest BCUT2D eigenvalue weighted by atomic mass is 31.2. The Hall–Kier alpha value is -2.93. The van der Waals surface area contributed by atoms with Gasteiger partial charge in [-0.3, -0.25) is 4.52 Å². The molecule has 0 aliphatic carbocycles. The minimum absolute atomic E-state index is 0.100. The first kappa shape index (κ1) is 29.1. The molecule has 2 amide bonds. The quantitative estimate of drug-likeness (QED) is 0.0861. The summed E-state index contributed by atoms with van der Waals surface area (Å²) in [6.07, 6.45) is -3.49. The van der Waals surface area contributed by atoms with E-state index in [2.05, 4.69) is 28.3 Å². The molecule has 0 fully saturated rings. The number of hydrogen-bond donors (Lipinski definition) is 4.